The van der Waals surface area contributed by atoms with Crippen LogP contribution < -0.4 is 11.1 Å². The van der Waals surface area contributed by atoms with E-state index in [1.165, 1.54) is 0 Å². The quantitative estimate of drug-likeness (QED) is 0.785. The first-order valence-electron chi connectivity index (χ1n) is 6.33. The van der Waals surface area contributed by atoms with E-state index in [4.69, 9.17) is 5.73 Å². The molecule has 1 amide bonds. The Labute approximate surface area is 119 Å². The third-order valence-electron chi connectivity index (χ3n) is 3.25. The first kappa shape index (κ1) is 15.9. The molecule has 2 atom stereocenters. The fourth-order valence-electron chi connectivity index (χ4n) is 1.79. The standard InChI is InChI=1S/C14H23N3OS/c1-10(9-19-4)17(3)11(2)14(18)16-13-7-5-6-12(15)8-13/h5-8,10-11H,9,15H2,1-4H3,(H,16,18). The molecular weight excluding hydrogens is 258 g/mol. The van der Waals surface area contributed by atoms with E-state index in [9.17, 15) is 4.79 Å². The molecule has 1 aromatic rings. The first-order chi connectivity index (χ1) is 8.95. The van der Waals surface area contributed by atoms with Crippen molar-refractivity contribution in [2.75, 3.05) is 30.1 Å². The van der Waals surface area contributed by atoms with Gasteiger partial charge in [0.1, 0.15) is 0 Å². The number of benzene rings is 1. The maximum atomic E-state index is 12.2. The zero-order valence-electron chi connectivity index (χ0n) is 12.0. The number of nitrogen functional groups attached to an aromatic ring is 1. The van der Waals surface area contributed by atoms with E-state index in [0.29, 0.717) is 11.7 Å². The Morgan fingerprint density at radius 3 is 2.74 bits per heavy atom. The molecule has 0 aliphatic carbocycles. The summed E-state index contributed by atoms with van der Waals surface area (Å²) < 4.78 is 0. The van der Waals surface area contributed by atoms with Gasteiger partial charge in [0.25, 0.3) is 0 Å². The lowest BCUT2D eigenvalue weighted by atomic mass is 10.2. The summed E-state index contributed by atoms with van der Waals surface area (Å²) in [6.07, 6.45) is 2.07. The van der Waals surface area contributed by atoms with Crippen molar-refractivity contribution < 1.29 is 4.79 Å². The molecule has 2 unspecified atom stereocenters. The highest BCUT2D eigenvalue weighted by Crippen LogP contribution is 2.14. The largest absolute Gasteiger partial charge is 0.399 e. The number of amides is 1. The minimum Gasteiger partial charge on any atom is -0.399 e. The van der Waals surface area contributed by atoms with Crippen molar-refractivity contribution in [3.8, 4) is 0 Å². The molecule has 3 N–H and O–H groups in total. The molecule has 106 valence electrons. The van der Waals surface area contributed by atoms with E-state index in [0.717, 1.165) is 11.4 Å². The zero-order valence-corrected chi connectivity index (χ0v) is 12.8. The third kappa shape index (κ3) is 4.76. The lowest BCUT2D eigenvalue weighted by Gasteiger charge is -2.29. The smallest absolute Gasteiger partial charge is 0.241 e. The minimum absolute atomic E-state index is 0.0129. The van der Waals surface area contributed by atoms with Crippen LogP contribution >= 0.6 is 11.8 Å². The van der Waals surface area contributed by atoms with Crippen LogP contribution in [0.15, 0.2) is 24.3 Å². The molecule has 0 radical (unpaired) electrons. The molecule has 4 nitrogen and oxygen atoms in total. The average molecular weight is 281 g/mol. The van der Waals surface area contributed by atoms with Crippen molar-refractivity contribution in [2.24, 2.45) is 0 Å². The van der Waals surface area contributed by atoms with Gasteiger partial charge in [0, 0.05) is 23.2 Å². The molecule has 0 fully saturated rings. The van der Waals surface area contributed by atoms with E-state index in [1.807, 2.05) is 26.1 Å². The van der Waals surface area contributed by atoms with Gasteiger partial charge in [-0.3, -0.25) is 9.69 Å². The summed E-state index contributed by atoms with van der Waals surface area (Å²) in [7, 11) is 1.98. The van der Waals surface area contributed by atoms with E-state index in [-0.39, 0.29) is 11.9 Å². The van der Waals surface area contributed by atoms with Crippen molar-refractivity contribution in [3.05, 3.63) is 24.3 Å². The van der Waals surface area contributed by atoms with Gasteiger partial charge in [0.05, 0.1) is 6.04 Å². The number of likely N-dealkylation sites (N-methyl/N-ethyl adjacent to an activating group) is 1. The van der Waals surface area contributed by atoms with Crippen LogP contribution in [0.2, 0.25) is 0 Å². The number of nitrogens with zero attached hydrogens (tertiary/aromatic N) is 1. The van der Waals surface area contributed by atoms with E-state index < -0.39 is 0 Å². The highest BCUT2D eigenvalue weighted by atomic mass is 32.2. The van der Waals surface area contributed by atoms with Gasteiger partial charge >= 0.3 is 0 Å². The van der Waals surface area contributed by atoms with Crippen molar-refractivity contribution >= 4 is 29.0 Å². The first-order valence-corrected chi connectivity index (χ1v) is 7.72. The molecule has 1 aromatic carbocycles. The summed E-state index contributed by atoms with van der Waals surface area (Å²) in [5.74, 6) is 0.993. The second kappa shape index (κ2) is 7.40. The highest BCUT2D eigenvalue weighted by Gasteiger charge is 2.21. The summed E-state index contributed by atoms with van der Waals surface area (Å²) in [4.78, 5) is 14.3. The summed E-state index contributed by atoms with van der Waals surface area (Å²) >= 11 is 1.78. The number of thioether (sulfide) groups is 1. The summed E-state index contributed by atoms with van der Waals surface area (Å²) in [5, 5.41) is 2.89. The van der Waals surface area contributed by atoms with Crippen molar-refractivity contribution in [1.29, 1.82) is 0 Å². The van der Waals surface area contributed by atoms with Gasteiger partial charge in [-0.25, -0.2) is 0 Å². The van der Waals surface area contributed by atoms with Crippen molar-refractivity contribution in [3.63, 3.8) is 0 Å². The molecule has 1 rings (SSSR count). The van der Waals surface area contributed by atoms with E-state index >= 15 is 0 Å². The summed E-state index contributed by atoms with van der Waals surface area (Å²) in [5.41, 5.74) is 7.08. The molecule has 19 heavy (non-hydrogen) atoms. The topological polar surface area (TPSA) is 58.4 Å². The lowest BCUT2D eigenvalue weighted by Crippen LogP contribution is -2.45. The van der Waals surface area contributed by atoms with Crippen molar-refractivity contribution in [1.82, 2.24) is 4.90 Å². The van der Waals surface area contributed by atoms with E-state index in [2.05, 4.69) is 23.4 Å². The van der Waals surface area contributed by atoms with Crippen LogP contribution in [0.4, 0.5) is 11.4 Å². The summed E-state index contributed by atoms with van der Waals surface area (Å²) in [6.45, 7) is 4.04. The molecule has 0 aliphatic heterocycles. The van der Waals surface area contributed by atoms with Crippen LogP contribution in [0.5, 0.6) is 0 Å². The lowest BCUT2D eigenvalue weighted by molar-refractivity contribution is -0.120. The molecule has 0 saturated carbocycles. The van der Waals surface area contributed by atoms with Gasteiger partial charge in [0.2, 0.25) is 5.91 Å². The van der Waals surface area contributed by atoms with Gasteiger partial charge in [-0.05, 0) is 45.4 Å². The summed E-state index contributed by atoms with van der Waals surface area (Å²) in [6, 6.07) is 7.41. The Bertz CT molecular complexity index is 425. The van der Waals surface area contributed by atoms with E-state index in [1.54, 1.807) is 23.9 Å². The number of carbonyl (C=O) groups is 1. The van der Waals surface area contributed by atoms with Gasteiger partial charge in [0.15, 0.2) is 0 Å². The number of anilines is 2. The molecule has 0 bridgehead atoms. The fourth-order valence-corrected chi connectivity index (χ4v) is 2.51. The Hall–Kier alpha value is -1.20. The average Bonchev–Trinajstić information content (AvgIpc) is 2.37. The number of hydrogen-bond acceptors (Lipinski definition) is 4. The number of hydrogen-bond donors (Lipinski definition) is 2. The van der Waals surface area contributed by atoms with Gasteiger partial charge < -0.3 is 11.1 Å². The Morgan fingerprint density at radius 1 is 1.47 bits per heavy atom. The van der Waals surface area contributed by atoms with Crippen LogP contribution in [0.25, 0.3) is 0 Å². The predicted molar refractivity (Wildman–Crippen MR) is 84.6 cm³/mol. The van der Waals surface area contributed by atoms with Crippen LogP contribution in [0.3, 0.4) is 0 Å². The van der Waals surface area contributed by atoms with Crippen LogP contribution in [-0.2, 0) is 4.79 Å². The molecule has 5 heteroatoms. The van der Waals surface area contributed by atoms with Crippen LogP contribution in [0, 0.1) is 0 Å². The Kier molecular flexibility index (Phi) is 6.18. The van der Waals surface area contributed by atoms with Gasteiger partial charge in [-0.1, -0.05) is 6.07 Å². The Morgan fingerprint density at radius 2 is 2.16 bits per heavy atom. The number of nitrogens with one attached hydrogen (secondary N) is 1. The van der Waals surface area contributed by atoms with Gasteiger partial charge in [-0.15, -0.1) is 0 Å². The second-order valence-corrected chi connectivity index (χ2v) is 5.67. The molecule has 0 saturated heterocycles. The molecule has 0 spiro atoms. The maximum absolute atomic E-state index is 12.2. The number of carbonyl (C=O) groups excluding carboxylic acids is 1. The molecule has 0 aliphatic rings. The highest BCUT2D eigenvalue weighted by molar-refractivity contribution is 7.98. The maximum Gasteiger partial charge on any atom is 0.241 e. The normalized spacial score (nSPS) is 14.2. The number of rotatable bonds is 6. The Balaban J connectivity index is 2.62. The molecular formula is C14H23N3OS. The number of nitrogens with two attached hydrogens (primary N) is 1. The minimum atomic E-state index is -0.177. The molecule has 0 aromatic heterocycles. The zero-order chi connectivity index (χ0) is 14.4. The fraction of sp³-hybridized carbons (Fsp3) is 0.500. The molecule has 0 heterocycles. The van der Waals surface area contributed by atoms with Crippen LogP contribution in [0.1, 0.15) is 13.8 Å². The third-order valence-corrected chi connectivity index (χ3v) is 4.06. The van der Waals surface area contributed by atoms with Gasteiger partial charge in [-0.2, -0.15) is 11.8 Å². The monoisotopic (exact) mass is 281 g/mol. The second-order valence-electron chi connectivity index (χ2n) is 4.76. The van der Waals surface area contributed by atoms with Crippen LogP contribution in [-0.4, -0.2) is 41.9 Å². The van der Waals surface area contributed by atoms with Crippen molar-refractivity contribution in [2.45, 2.75) is 25.9 Å². The predicted octanol–water partition coefficient (Wildman–Crippen LogP) is 2.28. The SMILES string of the molecule is CSCC(C)N(C)C(C)C(=O)Nc1cccc(N)c1.